The van der Waals surface area contributed by atoms with Crippen molar-refractivity contribution in [3.8, 4) is 0 Å². The Bertz CT molecular complexity index is 404. The van der Waals surface area contributed by atoms with Crippen molar-refractivity contribution in [1.82, 2.24) is 20.4 Å². The molecule has 1 aromatic rings. The lowest BCUT2D eigenvalue weighted by molar-refractivity contribution is 0.231. The smallest absolute Gasteiger partial charge is 0.315 e. The summed E-state index contributed by atoms with van der Waals surface area (Å²) in [6.45, 7) is 11.4. The molecule has 0 spiro atoms. The first-order chi connectivity index (χ1) is 8.28. The number of hydrogen-bond acceptors (Lipinski definition) is 2. The van der Waals surface area contributed by atoms with Gasteiger partial charge in [0.1, 0.15) is 0 Å². The number of nitrogens with zero attached hydrogens (tertiary/aromatic N) is 2. The zero-order valence-corrected chi connectivity index (χ0v) is 12.0. The molecule has 0 atom stereocenters. The minimum Gasteiger partial charge on any atom is -0.338 e. The van der Waals surface area contributed by atoms with Gasteiger partial charge in [0.15, 0.2) is 0 Å². The SMILES string of the molecule is Cc1cc(C)n(CCCNC(=O)NC(C)(C)C)n1. The number of rotatable bonds is 4. The minimum absolute atomic E-state index is 0.115. The summed E-state index contributed by atoms with van der Waals surface area (Å²) >= 11 is 0. The van der Waals surface area contributed by atoms with E-state index in [1.807, 2.05) is 39.3 Å². The van der Waals surface area contributed by atoms with Gasteiger partial charge in [-0.2, -0.15) is 5.10 Å². The molecule has 0 saturated heterocycles. The molecular formula is C13H24N4O. The first kappa shape index (κ1) is 14.5. The van der Waals surface area contributed by atoms with E-state index in [-0.39, 0.29) is 11.6 Å². The van der Waals surface area contributed by atoms with Crippen molar-refractivity contribution in [1.29, 1.82) is 0 Å². The van der Waals surface area contributed by atoms with Crippen LogP contribution in [-0.2, 0) is 6.54 Å². The Hall–Kier alpha value is -1.52. The van der Waals surface area contributed by atoms with E-state index >= 15 is 0 Å². The fraction of sp³-hybridized carbons (Fsp3) is 0.692. The van der Waals surface area contributed by atoms with Crippen LogP contribution in [0.25, 0.3) is 0 Å². The molecule has 5 heteroatoms. The number of carbonyl (C=O) groups is 1. The van der Waals surface area contributed by atoms with Crippen LogP contribution in [0.3, 0.4) is 0 Å². The van der Waals surface area contributed by atoms with Gasteiger partial charge in [-0.15, -0.1) is 0 Å². The molecular weight excluding hydrogens is 228 g/mol. The van der Waals surface area contributed by atoms with Crippen molar-refractivity contribution >= 4 is 6.03 Å². The second kappa shape index (κ2) is 5.89. The lowest BCUT2D eigenvalue weighted by Gasteiger charge is -2.20. The van der Waals surface area contributed by atoms with Gasteiger partial charge in [0, 0.05) is 24.3 Å². The highest BCUT2D eigenvalue weighted by atomic mass is 16.2. The molecule has 102 valence electrons. The molecule has 0 aliphatic rings. The van der Waals surface area contributed by atoms with Crippen LogP contribution in [0.5, 0.6) is 0 Å². The van der Waals surface area contributed by atoms with Gasteiger partial charge >= 0.3 is 6.03 Å². The lowest BCUT2D eigenvalue weighted by Crippen LogP contribution is -2.46. The standard InChI is InChI=1S/C13H24N4O/c1-10-9-11(2)17(16-10)8-6-7-14-12(18)15-13(3,4)5/h9H,6-8H2,1-5H3,(H2,14,15,18). The Balaban J connectivity index is 2.23. The third kappa shape index (κ3) is 5.21. The zero-order valence-electron chi connectivity index (χ0n) is 12.0. The van der Waals surface area contributed by atoms with E-state index in [1.54, 1.807) is 0 Å². The maximum absolute atomic E-state index is 11.5. The minimum atomic E-state index is -0.195. The third-order valence-corrected chi connectivity index (χ3v) is 2.42. The number of urea groups is 1. The molecule has 5 nitrogen and oxygen atoms in total. The van der Waals surface area contributed by atoms with Gasteiger partial charge in [0.2, 0.25) is 0 Å². The summed E-state index contributed by atoms with van der Waals surface area (Å²) in [4.78, 5) is 11.5. The molecule has 0 aliphatic heterocycles. The van der Waals surface area contributed by atoms with Crippen LogP contribution in [-0.4, -0.2) is 27.9 Å². The fourth-order valence-electron chi connectivity index (χ4n) is 1.72. The molecule has 0 unspecified atom stereocenters. The second-order valence-corrected chi connectivity index (χ2v) is 5.63. The summed E-state index contributed by atoms with van der Waals surface area (Å²) in [5.74, 6) is 0. The van der Waals surface area contributed by atoms with Gasteiger partial charge in [-0.25, -0.2) is 4.79 Å². The molecule has 0 saturated carbocycles. The van der Waals surface area contributed by atoms with Gasteiger partial charge in [-0.3, -0.25) is 4.68 Å². The van der Waals surface area contributed by atoms with E-state index in [0.29, 0.717) is 6.54 Å². The first-order valence-corrected chi connectivity index (χ1v) is 6.35. The van der Waals surface area contributed by atoms with E-state index in [1.165, 1.54) is 0 Å². The molecule has 2 N–H and O–H groups in total. The van der Waals surface area contributed by atoms with Crippen LogP contribution in [0, 0.1) is 13.8 Å². The molecule has 1 rings (SSSR count). The number of hydrogen-bond donors (Lipinski definition) is 2. The molecule has 0 aliphatic carbocycles. The molecule has 0 bridgehead atoms. The van der Waals surface area contributed by atoms with Crippen molar-refractivity contribution in [2.24, 2.45) is 0 Å². The largest absolute Gasteiger partial charge is 0.338 e. The molecule has 0 aromatic carbocycles. The number of nitrogens with one attached hydrogen (secondary N) is 2. The summed E-state index contributed by atoms with van der Waals surface area (Å²) in [6, 6.07) is 1.94. The fourth-order valence-corrected chi connectivity index (χ4v) is 1.72. The Morgan fingerprint density at radius 3 is 2.56 bits per heavy atom. The van der Waals surface area contributed by atoms with Crippen LogP contribution in [0.4, 0.5) is 4.79 Å². The van der Waals surface area contributed by atoms with Crippen LogP contribution >= 0.6 is 0 Å². The van der Waals surface area contributed by atoms with Gasteiger partial charge < -0.3 is 10.6 Å². The zero-order chi connectivity index (χ0) is 13.8. The lowest BCUT2D eigenvalue weighted by atomic mass is 10.1. The van der Waals surface area contributed by atoms with Gasteiger partial charge in [0.25, 0.3) is 0 Å². The average molecular weight is 252 g/mol. The number of amides is 2. The van der Waals surface area contributed by atoms with E-state index in [2.05, 4.69) is 21.8 Å². The van der Waals surface area contributed by atoms with E-state index in [0.717, 1.165) is 24.4 Å². The number of carbonyl (C=O) groups excluding carboxylic acids is 1. The van der Waals surface area contributed by atoms with Gasteiger partial charge in [0.05, 0.1) is 5.69 Å². The third-order valence-electron chi connectivity index (χ3n) is 2.42. The molecule has 1 aromatic heterocycles. The monoisotopic (exact) mass is 252 g/mol. The van der Waals surface area contributed by atoms with Crippen LogP contribution in [0.2, 0.25) is 0 Å². The summed E-state index contributed by atoms with van der Waals surface area (Å²) in [7, 11) is 0. The summed E-state index contributed by atoms with van der Waals surface area (Å²) in [5, 5.41) is 10.1. The van der Waals surface area contributed by atoms with Crippen LogP contribution in [0.1, 0.15) is 38.6 Å². The highest BCUT2D eigenvalue weighted by Gasteiger charge is 2.12. The highest BCUT2D eigenvalue weighted by molar-refractivity contribution is 5.74. The Kier molecular flexibility index (Phi) is 4.76. The predicted molar refractivity (Wildman–Crippen MR) is 72.6 cm³/mol. The van der Waals surface area contributed by atoms with Gasteiger partial charge in [-0.1, -0.05) is 0 Å². The van der Waals surface area contributed by atoms with Crippen LogP contribution < -0.4 is 10.6 Å². The molecule has 0 radical (unpaired) electrons. The van der Waals surface area contributed by atoms with E-state index in [4.69, 9.17) is 0 Å². The highest BCUT2D eigenvalue weighted by Crippen LogP contribution is 2.02. The maximum atomic E-state index is 11.5. The molecule has 0 fully saturated rings. The maximum Gasteiger partial charge on any atom is 0.315 e. The molecule has 2 amide bonds. The Morgan fingerprint density at radius 2 is 2.06 bits per heavy atom. The molecule has 18 heavy (non-hydrogen) atoms. The van der Waals surface area contributed by atoms with Crippen LogP contribution in [0.15, 0.2) is 6.07 Å². The van der Waals surface area contributed by atoms with Crippen molar-refractivity contribution in [2.45, 2.75) is 53.1 Å². The van der Waals surface area contributed by atoms with E-state index < -0.39 is 0 Å². The quantitative estimate of drug-likeness (QED) is 0.805. The predicted octanol–water partition coefficient (Wildman–Crippen LogP) is 1.99. The second-order valence-electron chi connectivity index (χ2n) is 5.63. The summed E-state index contributed by atoms with van der Waals surface area (Å²) in [5.41, 5.74) is 2.00. The number of aryl methyl sites for hydroxylation is 3. The molecule has 1 heterocycles. The van der Waals surface area contributed by atoms with Crippen molar-refractivity contribution in [3.05, 3.63) is 17.5 Å². The topological polar surface area (TPSA) is 59.0 Å². The Morgan fingerprint density at radius 1 is 1.39 bits per heavy atom. The first-order valence-electron chi connectivity index (χ1n) is 6.35. The van der Waals surface area contributed by atoms with E-state index in [9.17, 15) is 4.79 Å². The summed E-state index contributed by atoms with van der Waals surface area (Å²) < 4.78 is 1.97. The van der Waals surface area contributed by atoms with Crippen molar-refractivity contribution in [3.63, 3.8) is 0 Å². The summed E-state index contributed by atoms with van der Waals surface area (Å²) in [6.07, 6.45) is 0.875. The van der Waals surface area contributed by atoms with Crippen molar-refractivity contribution in [2.75, 3.05) is 6.54 Å². The normalized spacial score (nSPS) is 11.4. The van der Waals surface area contributed by atoms with Gasteiger partial charge in [-0.05, 0) is 47.1 Å². The number of aromatic nitrogens is 2. The average Bonchev–Trinajstić information content (AvgIpc) is 2.49. The Labute approximate surface area is 109 Å². The van der Waals surface area contributed by atoms with Crippen molar-refractivity contribution < 1.29 is 4.79 Å².